The molecule has 0 aromatic heterocycles. The van der Waals surface area contributed by atoms with Gasteiger partial charge in [-0.3, -0.25) is 9.59 Å². The van der Waals surface area contributed by atoms with Crippen molar-refractivity contribution < 1.29 is 23.9 Å². The molecule has 2 aromatic carbocycles. The molecule has 0 spiro atoms. The first-order chi connectivity index (χ1) is 13.2. The van der Waals surface area contributed by atoms with E-state index in [-0.39, 0.29) is 19.1 Å². The number of carbonyl (C=O) groups excluding carboxylic acids is 3. The predicted octanol–water partition coefficient (Wildman–Crippen LogP) is 3.59. The van der Waals surface area contributed by atoms with E-state index in [2.05, 4.69) is 5.32 Å². The van der Waals surface area contributed by atoms with Crippen LogP contribution in [0.1, 0.15) is 40.9 Å². The average molecular weight is 383 g/mol. The third kappa shape index (κ3) is 6.54. The number of benzene rings is 2. The number of amides is 1. The molecule has 0 saturated heterocycles. The summed E-state index contributed by atoms with van der Waals surface area (Å²) in [4.78, 5) is 35.7. The van der Waals surface area contributed by atoms with Crippen molar-refractivity contribution in [2.24, 2.45) is 0 Å². The normalized spacial score (nSPS) is 10.5. The van der Waals surface area contributed by atoms with E-state index in [9.17, 15) is 14.4 Å². The van der Waals surface area contributed by atoms with Gasteiger partial charge in [0.05, 0.1) is 18.1 Å². The van der Waals surface area contributed by atoms with Gasteiger partial charge >= 0.3 is 11.9 Å². The van der Waals surface area contributed by atoms with Crippen LogP contribution in [0.15, 0.2) is 42.5 Å². The van der Waals surface area contributed by atoms with Crippen molar-refractivity contribution in [3.8, 4) is 0 Å². The summed E-state index contributed by atoms with van der Waals surface area (Å²) in [5, 5.41) is 2.62. The Bertz CT molecular complexity index is 856. The molecular formula is C22H25NO5. The van der Waals surface area contributed by atoms with Gasteiger partial charge in [0.2, 0.25) is 0 Å². The van der Waals surface area contributed by atoms with Crippen LogP contribution in [0, 0.1) is 13.8 Å². The smallest absolute Gasteiger partial charge is 0.338 e. The lowest BCUT2D eigenvalue weighted by molar-refractivity contribution is -0.146. The number of rotatable bonds is 7. The number of hydrogen-bond donors (Lipinski definition) is 1. The van der Waals surface area contributed by atoms with E-state index < -0.39 is 17.8 Å². The molecule has 0 aliphatic heterocycles. The van der Waals surface area contributed by atoms with Crippen LogP contribution in [0.2, 0.25) is 0 Å². The SMILES string of the molecule is Cc1ccc(CC(=O)OCC(=O)Nc2ccc(C(=O)OC(C)C)cc2)cc1C. The fourth-order valence-electron chi connectivity index (χ4n) is 2.45. The summed E-state index contributed by atoms with van der Waals surface area (Å²) < 4.78 is 10.1. The lowest BCUT2D eigenvalue weighted by Gasteiger charge is -2.09. The molecule has 0 saturated carbocycles. The first-order valence-corrected chi connectivity index (χ1v) is 9.07. The van der Waals surface area contributed by atoms with Crippen molar-refractivity contribution in [1.82, 2.24) is 0 Å². The highest BCUT2D eigenvalue weighted by atomic mass is 16.5. The lowest BCUT2D eigenvalue weighted by atomic mass is 10.0. The second-order valence-corrected chi connectivity index (χ2v) is 6.84. The number of ether oxygens (including phenoxy) is 2. The van der Waals surface area contributed by atoms with Crippen molar-refractivity contribution in [1.29, 1.82) is 0 Å². The summed E-state index contributed by atoms with van der Waals surface area (Å²) in [5.74, 6) is -1.34. The molecule has 2 rings (SSSR count). The Balaban J connectivity index is 1.80. The second kappa shape index (κ2) is 9.69. The zero-order valence-corrected chi connectivity index (χ0v) is 16.6. The van der Waals surface area contributed by atoms with Crippen LogP contribution in [-0.4, -0.2) is 30.6 Å². The Morgan fingerprint density at radius 3 is 2.25 bits per heavy atom. The van der Waals surface area contributed by atoms with Gasteiger partial charge in [-0.2, -0.15) is 0 Å². The number of anilines is 1. The number of nitrogens with one attached hydrogen (secondary N) is 1. The molecule has 2 aromatic rings. The first kappa shape index (κ1) is 21.2. The standard InChI is InChI=1S/C22H25NO5/c1-14(2)28-22(26)18-7-9-19(10-8-18)23-20(24)13-27-21(25)12-17-6-5-15(3)16(4)11-17/h5-11,14H,12-13H2,1-4H3,(H,23,24). The molecule has 28 heavy (non-hydrogen) atoms. The lowest BCUT2D eigenvalue weighted by Crippen LogP contribution is -2.21. The Morgan fingerprint density at radius 2 is 1.64 bits per heavy atom. The van der Waals surface area contributed by atoms with Crippen LogP contribution >= 0.6 is 0 Å². The molecule has 1 amide bonds. The van der Waals surface area contributed by atoms with E-state index in [1.165, 1.54) is 0 Å². The number of hydrogen-bond acceptors (Lipinski definition) is 5. The van der Waals surface area contributed by atoms with Gasteiger partial charge < -0.3 is 14.8 Å². The van der Waals surface area contributed by atoms with E-state index in [4.69, 9.17) is 9.47 Å². The van der Waals surface area contributed by atoms with Crippen molar-refractivity contribution in [3.63, 3.8) is 0 Å². The van der Waals surface area contributed by atoms with E-state index >= 15 is 0 Å². The monoisotopic (exact) mass is 383 g/mol. The Hall–Kier alpha value is -3.15. The summed E-state index contributed by atoms with van der Waals surface area (Å²) in [6.45, 7) is 7.15. The van der Waals surface area contributed by atoms with Crippen molar-refractivity contribution in [2.45, 2.75) is 40.2 Å². The maximum atomic E-state index is 12.0. The van der Waals surface area contributed by atoms with Gasteiger partial charge in [0.1, 0.15) is 0 Å². The minimum Gasteiger partial charge on any atom is -0.459 e. The third-order valence-electron chi connectivity index (χ3n) is 4.03. The Labute approximate surface area is 164 Å². The summed E-state index contributed by atoms with van der Waals surface area (Å²) in [5.41, 5.74) is 3.99. The quantitative estimate of drug-likeness (QED) is 0.739. The van der Waals surface area contributed by atoms with E-state index in [0.717, 1.165) is 16.7 Å². The molecule has 0 aliphatic carbocycles. The van der Waals surface area contributed by atoms with E-state index in [0.29, 0.717) is 11.3 Å². The Kier molecular flexibility index (Phi) is 7.32. The third-order valence-corrected chi connectivity index (χ3v) is 4.03. The molecule has 0 aliphatic rings. The molecule has 0 bridgehead atoms. The highest BCUT2D eigenvalue weighted by Gasteiger charge is 2.11. The van der Waals surface area contributed by atoms with Gasteiger partial charge in [0.15, 0.2) is 6.61 Å². The van der Waals surface area contributed by atoms with Crippen molar-refractivity contribution >= 4 is 23.5 Å². The number of esters is 2. The zero-order chi connectivity index (χ0) is 20.7. The van der Waals surface area contributed by atoms with Crippen LogP contribution in [0.25, 0.3) is 0 Å². The van der Waals surface area contributed by atoms with E-state index in [1.807, 2.05) is 32.0 Å². The summed E-state index contributed by atoms with van der Waals surface area (Å²) in [7, 11) is 0. The fourth-order valence-corrected chi connectivity index (χ4v) is 2.45. The maximum absolute atomic E-state index is 12.0. The molecule has 0 heterocycles. The topological polar surface area (TPSA) is 81.7 Å². The molecule has 0 fully saturated rings. The van der Waals surface area contributed by atoms with Gasteiger partial charge in [-0.1, -0.05) is 18.2 Å². The first-order valence-electron chi connectivity index (χ1n) is 9.07. The van der Waals surface area contributed by atoms with E-state index in [1.54, 1.807) is 38.1 Å². The molecule has 0 radical (unpaired) electrons. The molecular weight excluding hydrogens is 358 g/mol. The molecule has 1 N–H and O–H groups in total. The predicted molar refractivity (Wildman–Crippen MR) is 106 cm³/mol. The maximum Gasteiger partial charge on any atom is 0.338 e. The summed E-state index contributed by atoms with van der Waals surface area (Å²) in [6.07, 6.45) is -0.0912. The molecule has 6 nitrogen and oxygen atoms in total. The van der Waals surface area contributed by atoms with Gasteiger partial charge in [0.25, 0.3) is 5.91 Å². The van der Waals surface area contributed by atoms with Gasteiger partial charge in [-0.05, 0) is 68.7 Å². The molecule has 0 unspecified atom stereocenters. The van der Waals surface area contributed by atoms with Crippen molar-refractivity contribution in [2.75, 3.05) is 11.9 Å². The number of aryl methyl sites for hydroxylation is 2. The van der Waals surface area contributed by atoms with Crippen LogP contribution in [-0.2, 0) is 25.5 Å². The van der Waals surface area contributed by atoms with Crippen LogP contribution in [0.5, 0.6) is 0 Å². The highest BCUT2D eigenvalue weighted by molar-refractivity contribution is 5.94. The fraction of sp³-hybridized carbons (Fsp3) is 0.318. The van der Waals surface area contributed by atoms with Crippen LogP contribution in [0.4, 0.5) is 5.69 Å². The molecule has 6 heteroatoms. The minimum absolute atomic E-state index is 0.112. The second-order valence-electron chi connectivity index (χ2n) is 6.84. The minimum atomic E-state index is -0.467. The number of carbonyl (C=O) groups is 3. The largest absolute Gasteiger partial charge is 0.459 e. The zero-order valence-electron chi connectivity index (χ0n) is 16.6. The molecule has 0 atom stereocenters. The summed E-state index contributed by atoms with van der Waals surface area (Å²) >= 11 is 0. The van der Waals surface area contributed by atoms with Gasteiger partial charge in [0, 0.05) is 5.69 Å². The Morgan fingerprint density at radius 1 is 0.964 bits per heavy atom. The van der Waals surface area contributed by atoms with Gasteiger partial charge in [-0.25, -0.2) is 4.79 Å². The van der Waals surface area contributed by atoms with Crippen LogP contribution in [0.3, 0.4) is 0 Å². The van der Waals surface area contributed by atoms with Gasteiger partial charge in [-0.15, -0.1) is 0 Å². The average Bonchev–Trinajstić information content (AvgIpc) is 2.63. The summed E-state index contributed by atoms with van der Waals surface area (Å²) in [6, 6.07) is 12.1. The molecule has 148 valence electrons. The highest BCUT2D eigenvalue weighted by Crippen LogP contribution is 2.12. The van der Waals surface area contributed by atoms with Crippen molar-refractivity contribution in [3.05, 3.63) is 64.7 Å². The van der Waals surface area contributed by atoms with Crippen LogP contribution < -0.4 is 5.32 Å².